The molecule has 0 bridgehead atoms. The van der Waals surface area contributed by atoms with Crippen LogP contribution in [0.4, 0.5) is 5.13 Å². The molecule has 0 spiro atoms. The molecular formula is C17H14N2O3S2. The number of thiazole rings is 1. The number of carbonyl (C=O) groups is 1. The van der Waals surface area contributed by atoms with E-state index in [9.17, 15) is 4.79 Å². The van der Waals surface area contributed by atoms with Gasteiger partial charge in [0, 0.05) is 4.90 Å². The van der Waals surface area contributed by atoms with E-state index in [0.29, 0.717) is 16.6 Å². The second kappa shape index (κ2) is 6.33. The van der Waals surface area contributed by atoms with Crippen molar-refractivity contribution in [1.82, 2.24) is 4.98 Å². The smallest absolute Gasteiger partial charge is 0.270 e. The molecule has 1 amide bonds. The van der Waals surface area contributed by atoms with Gasteiger partial charge in [-0.05, 0) is 36.6 Å². The highest BCUT2D eigenvalue weighted by molar-refractivity contribution is 7.98. The average Bonchev–Trinajstić information content (AvgIpc) is 3.02. The van der Waals surface area contributed by atoms with Gasteiger partial charge in [0.05, 0.1) is 10.2 Å². The molecule has 2 heterocycles. The monoisotopic (exact) mass is 358 g/mol. The minimum Gasteiger partial charge on any atom is -0.485 e. The van der Waals surface area contributed by atoms with Crippen LogP contribution >= 0.6 is 23.1 Å². The molecule has 1 atom stereocenters. The number of hydrogen-bond acceptors (Lipinski definition) is 6. The minimum absolute atomic E-state index is 0.185. The van der Waals surface area contributed by atoms with Crippen molar-refractivity contribution in [1.29, 1.82) is 0 Å². The first-order valence-corrected chi connectivity index (χ1v) is 9.41. The molecule has 5 nitrogen and oxygen atoms in total. The van der Waals surface area contributed by atoms with Crippen molar-refractivity contribution in [3.63, 3.8) is 0 Å². The SMILES string of the molecule is CSc1ccc2nc(NC(=O)[C@@H]3COc4ccccc4O3)sc2c1. The predicted molar refractivity (Wildman–Crippen MR) is 96.4 cm³/mol. The van der Waals surface area contributed by atoms with Crippen LogP contribution < -0.4 is 14.8 Å². The molecule has 122 valence electrons. The number of rotatable bonds is 3. The van der Waals surface area contributed by atoms with Crippen LogP contribution in [0.5, 0.6) is 11.5 Å². The molecule has 3 aromatic rings. The lowest BCUT2D eigenvalue weighted by atomic mass is 10.2. The quantitative estimate of drug-likeness (QED) is 0.722. The molecule has 1 aliphatic rings. The maximum Gasteiger partial charge on any atom is 0.270 e. The summed E-state index contributed by atoms with van der Waals surface area (Å²) in [6.07, 6.45) is 1.34. The summed E-state index contributed by atoms with van der Waals surface area (Å²) in [5.74, 6) is 0.984. The molecule has 1 N–H and O–H groups in total. The lowest BCUT2D eigenvalue weighted by Crippen LogP contribution is -2.40. The summed E-state index contributed by atoms with van der Waals surface area (Å²) >= 11 is 3.13. The molecule has 7 heteroatoms. The fourth-order valence-electron chi connectivity index (χ4n) is 2.42. The Labute approximate surface area is 147 Å². The van der Waals surface area contributed by atoms with Crippen molar-refractivity contribution >= 4 is 44.4 Å². The Morgan fingerprint density at radius 3 is 2.96 bits per heavy atom. The number of amides is 1. The summed E-state index contributed by atoms with van der Waals surface area (Å²) in [4.78, 5) is 18.0. The van der Waals surface area contributed by atoms with Gasteiger partial charge in [0.25, 0.3) is 5.91 Å². The van der Waals surface area contributed by atoms with E-state index in [4.69, 9.17) is 9.47 Å². The Bertz CT molecular complexity index is 910. The fourth-order valence-corrected chi connectivity index (χ4v) is 3.84. The standard InChI is InChI=1S/C17H14N2O3S2/c1-23-10-6-7-11-15(8-10)24-17(18-11)19-16(20)14-9-21-12-4-2-3-5-13(12)22-14/h2-8,14H,9H2,1H3,(H,18,19,20)/t14-/m0/s1. The van der Waals surface area contributed by atoms with Crippen molar-refractivity contribution < 1.29 is 14.3 Å². The zero-order chi connectivity index (χ0) is 16.5. The summed E-state index contributed by atoms with van der Waals surface area (Å²) in [6, 6.07) is 13.4. The lowest BCUT2D eigenvalue weighted by molar-refractivity contribution is -0.125. The zero-order valence-electron chi connectivity index (χ0n) is 12.8. The first-order chi connectivity index (χ1) is 11.7. The molecule has 1 aliphatic heterocycles. The van der Waals surface area contributed by atoms with Crippen molar-refractivity contribution in [2.24, 2.45) is 0 Å². The normalized spacial score (nSPS) is 16.1. The number of ether oxygens (including phenoxy) is 2. The summed E-state index contributed by atoms with van der Waals surface area (Å²) in [5.41, 5.74) is 0.874. The number of nitrogens with zero attached hydrogens (tertiary/aromatic N) is 1. The van der Waals surface area contributed by atoms with Crippen molar-refractivity contribution in [2.75, 3.05) is 18.2 Å². The number of carbonyl (C=O) groups excluding carboxylic acids is 1. The van der Waals surface area contributed by atoms with E-state index in [-0.39, 0.29) is 12.5 Å². The van der Waals surface area contributed by atoms with Gasteiger partial charge in [0.15, 0.2) is 16.6 Å². The molecule has 4 rings (SSSR count). The van der Waals surface area contributed by atoms with Gasteiger partial charge in [-0.15, -0.1) is 11.8 Å². The highest BCUT2D eigenvalue weighted by Gasteiger charge is 2.27. The van der Waals surface area contributed by atoms with Gasteiger partial charge < -0.3 is 9.47 Å². The third kappa shape index (κ3) is 2.92. The van der Waals surface area contributed by atoms with Crippen molar-refractivity contribution in [2.45, 2.75) is 11.0 Å². The van der Waals surface area contributed by atoms with Crippen LogP contribution in [-0.4, -0.2) is 29.9 Å². The van der Waals surface area contributed by atoms with Crippen LogP contribution in [0.3, 0.4) is 0 Å². The Morgan fingerprint density at radius 1 is 1.29 bits per heavy atom. The average molecular weight is 358 g/mol. The molecule has 1 aromatic heterocycles. The maximum atomic E-state index is 12.4. The Kier molecular flexibility index (Phi) is 4.03. The van der Waals surface area contributed by atoms with Crippen molar-refractivity contribution in [3.8, 4) is 11.5 Å². The molecule has 0 saturated heterocycles. The van der Waals surface area contributed by atoms with Crippen LogP contribution in [0.25, 0.3) is 10.2 Å². The van der Waals surface area contributed by atoms with E-state index in [1.54, 1.807) is 17.8 Å². The van der Waals surface area contributed by atoms with E-state index < -0.39 is 6.10 Å². The number of fused-ring (bicyclic) bond motifs is 2. The number of anilines is 1. The third-order valence-electron chi connectivity index (χ3n) is 3.63. The Balaban J connectivity index is 1.50. The number of thioether (sulfide) groups is 1. The topological polar surface area (TPSA) is 60.5 Å². The van der Waals surface area contributed by atoms with E-state index in [1.165, 1.54) is 16.2 Å². The molecule has 0 unspecified atom stereocenters. The van der Waals surface area contributed by atoms with Gasteiger partial charge in [-0.1, -0.05) is 23.5 Å². The first kappa shape index (κ1) is 15.3. The summed E-state index contributed by atoms with van der Waals surface area (Å²) < 4.78 is 12.3. The number of aromatic nitrogens is 1. The van der Waals surface area contributed by atoms with E-state index >= 15 is 0 Å². The van der Waals surface area contributed by atoms with Crippen LogP contribution in [0.15, 0.2) is 47.4 Å². The molecule has 0 aliphatic carbocycles. The van der Waals surface area contributed by atoms with Gasteiger partial charge in [0.2, 0.25) is 6.10 Å². The number of hydrogen-bond donors (Lipinski definition) is 1. The maximum absolute atomic E-state index is 12.4. The molecule has 0 radical (unpaired) electrons. The van der Waals surface area contributed by atoms with Gasteiger partial charge in [-0.25, -0.2) is 4.98 Å². The highest BCUT2D eigenvalue weighted by atomic mass is 32.2. The van der Waals surface area contributed by atoms with Crippen LogP contribution in [-0.2, 0) is 4.79 Å². The van der Waals surface area contributed by atoms with Gasteiger partial charge in [0.1, 0.15) is 6.61 Å². The van der Waals surface area contributed by atoms with Crippen LogP contribution in [0, 0.1) is 0 Å². The van der Waals surface area contributed by atoms with Gasteiger partial charge in [-0.2, -0.15) is 0 Å². The second-order valence-electron chi connectivity index (χ2n) is 5.21. The summed E-state index contributed by atoms with van der Waals surface area (Å²) in [7, 11) is 0. The second-order valence-corrected chi connectivity index (χ2v) is 7.12. The van der Waals surface area contributed by atoms with Gasteiger partial charge in [-0.3, -0.25) is 10.1 Å². The Morgan fingerprint density at radius 2 is 2.12 bits per heavy atom. The first-order valence-electron chi connectivity index (χ1n) is 7.37. The van der Waals surface area contributed by atoms with Crippen LogP contribution in [0.2, 0.25) is 0 Å². The van der Waals surface area contributed by atoms with Crippen LogP contribution in [0.1, 0.15) is 0 Å². The zero-order valence-corrected chi connectivity index (χ0v) is 14.4. The summed E-state index contributed by atoms with van der Waals surface area (Å²) in [5, 5.41) is 3.39. The summed E-state index contributed by atoms with van der Waals surface area (Å²) in [6.45, 7) is 0.185. The van der Waals surface area contributed by atoms with Gasteiger partial charge >= 0.3 is 0 Å². The number of benzene rings is 2. The minimum atomic E-state index is -0.686. The highest BCUT2D eigenvalue weighted by Crippen LogP contribution is 2.32. The largest absolute Gasteiger partial charge is 0.485 e. The molecule has 0 fully saturated rings. The fraction of sp³-hybridized carbons (Fsp3) is 0.176. The van der Waals surface area contributed by atoms with E-state index in [2.05, 4.69) is 16.4 Å². The Hall–Kier alpha value is -2.25. The van der Waals surface area contributed by atoms with E-state index in [0.717, 1.165) is 10.2 Å². The predicted octanol–water partition coefficient (Wildman–Crippen LogP) is 3.80. The van der Waals surface area contributed by atoms with E-state index in [1.807, 2.05) is 36.6 Å². The molecule has 24 heavy (non-hydrogen) atoms. The van der Waals surface area contributed by atoms with Crippen molar-refractivity contribution in [3.05, 3.63) is 42.5 Å². The third-order valence-corrected chi connectivity index (χ3v) is 5.29. The lowest BCUT2D eigenvalue weighted by Gasteiger charge is -2.25. The molecular weight excluding hydrogens is 344 g/mol. The number of para-hydroxylation sites is 2. The number of nitrogens with one attached hydrogen (secondary N) is 1. The molecule has 2 aromatic carbocycles. The molecule has 0 saturated carbocycles.